The van der Waals surface area contributed by atoms with Crippen LogP contribution in [0.3, 0.4) is 0 Å². The summed E-state index contributed by atoms with van der Waals surface area (Å²) in [6, 6.07) is 21.0. The number of benzene rings is 3. The van der Waals surface area contributed by atoms with E-state index in [1.54, 1.807) is 72.8 Å². The smallest absolute Gasteiger partial charge is 0.265 e. The average molecular weight is 462 g/mol. The summed E-state index contributed by atoms with van der Waals surface area (Å²) in [5.41, 5.74) is 2.34. The Morgan fingerprint density at radius 2 is 1.73 bits per heavy atom. The van der Waals surface area contributed by atoms with Crippen LogP contribution in [0.25, 0.3) is 6.08 Å². The predicted octanol–water partition coefficient (Wildman–Crippen LogP) is 4.36. The topological polar surface area (TPSA) is 87.7 Å². The number of anilines is 3. The second kappa shape index (κ2) is 10.0. The Hall–Kier alpha value is -4.10. The molecule has 0 fully saturated rings. The highest BCUT2D eigenvalue weighted by molar-refractivity contribution is 6.30. The van der Waals surface area contributed by atoms with Crippen molar-refractivity contribution in [2.24, 2.45) is 0 Å². The van der Waals surface area contributed by atoms with Gasteiger partial charge in [-0.2, -0.15) is 0 Å². The van der Waals surface area contributed by atoms with E-state index in [-0.39, 0.29) is 30.9 Å². The summed E-state index contributed by atoms with van der Waals surface area (Å²) in [7, 11) is 0. The van der Waals surface area contributed by atoms with Crippen LogP contribution in [0.1, 0.15) is 5.56 Å². The van der Waals surface area contributed by atoms with E-state index >= 15 is 0 Å². The van der Waals surface area contributed by atoms with Crippen LogP contribution in [0.2, 0.25) is 5.02 Å². The molecule has 0 unspecified atom stereocenters. The molecule has 0 aliphatic carbocycles. The zero-order valence-electron chi connectivity index (χ0n) is 17.5. The van der Waals surface area contributed by atoms with E-state index in [9.17, 15) is 14.4 Å². The molecular formula is C25H20ClN3O4. The van der Waals surface area contributed by atoms with Crippen LogP contribution in [-0.2, 0) is 14.4 Å². The van der Waals surface area contributed by atoms with Crippen molar-refractivity contribution in [3.05, 3.63) is 89.5 Å². The van der Waals surface area contributed by atoms with E-state index in [2.05, 4.69) is 10.6 Å². The van der Waals surface area contributed by atoms with Gasteiger partial charge in [-0.1, -0.05) is 41.9 Å². The molecule has 0 saturated carbocycles. The van der Waals surface area contributed by atoms with Gasteiger partial charge in [-0.05, 0) is 54.1 Å². The van der Waals surface area contributed by atoms with Crippen LogP contribution in [0.5, 0.6) is 5.75 Å². The largest absolute Gasteiger partial charge is 0.482 e. The van der Waals surface area contributed by atoms with Gasteiger partial charge in [-0.15, -0.1) is 0 Å². The second-order valence-electron chi connectivity index (χ2n) is 7.24. The van der Waals surface area contributed by atoms with Crippen LogP contribution < -0.4 is 20.3 Å². The van der Waals surface area contributed by atoms with E-state index in [4.69, 9.17) is 16.3 Å². The molecule has 166 valence electrons. The lowest BCUT2D eigenvalue weighted by Crippen LogP contribution is -2.43. The van der Waals surface area contributed by atoms with Gasteiger partial charge in [0.15, 0.2) is 6.61 Å². The fraction of sp³-hybridized carbons (Fsp3) is 0.0800. The molecule has 1 aliphatic heterocycles. The molecule has 0 spiro atoms. The lowest BCUT2D eigenvalue weighted by atomic mass is 10.2. The Balaban J connectivity index is 1.46. The first-order chi connectivity index (χ1) is 16.0. The Labute approximate surface area is 195 Å². The Kier molecular flexibility index (Phi) is 6.71. The number of carbonyl (C=O) groups excluding carboxylic acids is 3. The number of hydrogen-bond donors (Lipinski definition) is 2. The third-order valence-electron chi connectivity index (χ3n) is 4.83. The fourth-order valence-electron chi connectivity index (χ4n) is 3.25. The van der Waals surface area contributed by atoms with Gasteiger partial charge in [-0.3, -0.25) is 19.3 Å². The maximum absolute atomic E-state index is 12.5. The van der Waals surface area contributed by atoms with Crippen molar-refractivity contribution in [2.45, 2.75) is 0 Å². The molecule has 8 heteroatoms. The minimum Gasteiger partial charge on any atom is -0.482 e. The van der Waals surface area contributed by atoms with Gasteiger partial charge in [0.1, 0.15) is 12.3 Å². The third kappa shape index (κ3) is 5.78. The van der Waals surface area contributed by atoms with Gasteiger partial charge >= 0.3 is 0 Å². The fourth-order valence-corrected chi connectivity index (χ4v) is 3.37. The van der Waals surface area contributed by atoms with E-state index < -0.39 is 0 Å². The Bertz CT molecular complexity index is 1210. The van der Waals surface area contributed by atoms with Crippen LogP contribution in [0.15, 0.2) is 78.9 Å². The second-order valence-corrected chi connectivity index (χ2v) is 7.68. The average Bonchev–Trinajstić information content (AvgIpc) is 2.81. The number of amides is 3. The monoisotopic (exact) mass is 461 g/mol. The summed E-state index contributed by atoms with van der Waals surface area (Å²) < 4.78 is 5.48. The molecule has 7 nitrogen and oxygen atoms in total. The van der Waals surface area contributed by atoms with Crippen LogP contribution in [0.4, 0.5) is 17.1 Å². The maximum Gasteiger partial charge on any atom is 0.265 e. The SMILES string of the molecule is O=C(/C=C/c1ccc(Cl)cc1)Nc1ccc2c(c1)N(CC(=O)Nc1ccccc1)C(=O)CO2. The van der Waals surface area contributed by atoms with Crippen molar-refractivity contribution in [3.8, 4) is 5.75 Å². The van der Waals surface area contributed by atoms with Gasteiger partial charge in [0, 0.05) is 22.5 Å². The zero-order valence-corrected chi connectivity index (χ0v) is 18.2. The molecule has 0 atom stereocenters. The van der Waals surface area contributed by atoms with E-state index in [0.717, 1.165) is 5.56 Å². The number of carbonyl (C=O) groups is 3. The molecule has 33 heavy (non-hydrogen) atoms. The first kappa shape index (κ1) is 22.1. The summed E-state index contributed by atoms with van der Waals surface area (Å²) in [5, 5.41) is 6.13. The summed E-state index contributed by atoms with van der Waals surface area (Å²) >= 11 is 5.87. The first-order valence-electron chi connectivity index (χ1n) is 10.1. The minimum absolute atomic E-state index is 0.166. The summed E-state index contributed by atoms with van der Waals surface area (Å²) in [5.74, 6) is -0.585. The minimum atomic E-state index is -0.350. The molecule has 3 amide bonds. The molecule has 0 saturated heterocycles. The first-order valence-corrected chi connectivity index (χ1v) is 10.5. The number of hydrogen-bond acceptors (Lipinski definition) is 4. The molecule has 2 N–H and O–H groups in total. The number of para-hydroxylation sites is 1. The van der Waals surface area contributed by atoms with Gasteiger partial charge in [0.25, 0.3) is 5.91 Å². The van der Waals surface area contributed by atoms with Crippen molar-refractivity contribution in [1.82, 2.24) is 0 Å². The third-order valence-corrected chi connectivity index (χ3v) is 5.08. The number of nitrogens with one attached hydrogen (secondary N) is 2. The lowest BCUT2D eigenvalue weighted by Gasteiger charge is -2.29. The Morgan fingerprint density at radius 1 is 0.970 bits per heavy atom. The molecule has 3 aromatic rings. The molecule has 0 bridgehead atoms. The highest BCUT2D eigenvalue weighted by Gasteiger charge is 2.27. The van der Waals surface area contributed by atoms with Crippen molar-refractivity contribution in [1.29, 1.82) is 0 Å². The number of nitrogens with zero attached hydrogens (tertiary/aromatic N) is 1. The number of fused-ring (bicyclic) bond motifs is 1. The van der Waals surface area contributed by atoms with E-state index in [1.165, 1.54) is 11.0 Å². The molecule has 3 aromatic carbocycles. The van der Waals surface area contributed by atoms with Crippen LogP contribution in [0, 0.1) is 0 Å². The van der Waals surface area contributed by atoms with Crippen molar-refractivity contribution in [3.63, 3.8) is 0 Å². The van der Waals surface area contributed by atoms with Crippen LogP contribution in [-0.4, -0.2) is 30.9 Å². The molecule has 4 rings (SSSR count). The van der Waals surface area contributed by atoms with Gasteiger partial charge in [-0.25, -0.2) is 0 Å². The van der Waals surface area contributed by atoms with E-state index in [1.807, 2.05) is 6.07 Å². The Morgan fingerprint density at radius 3 is 2.48 bits per heavy atom. The summed E-state index contributed by atoms with van der Waals surface area (Å²) in [6.07, 6.45) is 3.06. The normalized spacial score (nSPS) is 12.8. The number of halogens is 1. The number of rotatable bonds is 6. The highest BCUT2D eigenvalue weighted by atomic mass is 35.5. The van der Waals surface area contributed by atoms with Crippen molar-refractivity contribution >= 4 is 52.5 Å². The molecule has 0 radical (unpaired) electrons. The summed E-state index contributed by atoms with van der Waals surface area (Å²) in [4.78, 5) is 38.7. The predicted molar refractivity (Wildman–Crippen MR) is 128 cm³/mol. The summed E-state index contributed by atoms with van der Waals surface area (Å²) in [6.45, 7) is -0.348. The highest BCUT2D eigenvalue weighted by Crippen LogP contribution is 2.34. The number of ether oxygens (including phenoxy) is 1. The zero-order chi connectivity index (χ0) is 23.2. The standard InChI is InChI=1S/C25H20ClN3O4/c26-18-9-6-17(7-10-18)8-13-23(30)28-20-11-12-22-21(14-20)29(25(32)16-33-22)15-24(31)27-19-4-2-1-3-5-19/h1-14H,15-16H2,(H,27,31)(H,28,30)/b13-8+. The van der Waals surface area contributed by atoms with Crippen molar-refractivity contribution < 1.29 is 19.1 Å². The van der Waals surface area contributed by atoms with E-state index in [0.29, 0.717) is 27.8 Å². The molecule has 0 aromatic heterocycles. The van der Waals surface area contributed by atoms with Gasteiger partial charge in [0.2, 0.25) is 11.8 Å². The molecular weight excluding hydrogens is 442 g/mol. The molecule has 1 heterocycles. The van der Waals surface area contributed by atoms with Crippen LogP contribution >= 0.6 is 11.6 Å². The quantitative estimate of drug-likeness (QED) is 0.534. The molecule has 1 aliphatic rings. The lowest BCUT2D eigenvalue weighted by molar-refractivity contribution is -0.123. The maximum atomic E-state index is 12.5. The van der Waals surface area contributed by atoms with Crippen molar-refractivity contribution in [2.75, 3.05) is 28.7 Å². The van der Waals surface area contributed by atoms with Gasteiger partial charge in [0.05, 0.1) is 5.69 Å². The van der Waals surface area contributed by atoms with Gasteiger partial charge < -0.3 is 15.4 Å².